The van der Waals surface area contributed by atoms with Gasteiger partial charge in [-0.2, -0.15) is 0 Å². The van der Waals surface area contributed by atoms with E-state index in [0.717, 1.165) is 0 Å². The molecule has 0 bridgehead atoms. The van der Waals surface area contributed by atoms with Crippen molar-refractivity contribution in [3.8, 4) is 11.3 Å². The minimum absolute atomic E-state index is 0.318. The highest BCUT2D eigenvalue weighted by atomic mass is 35.5. The van der Waals surface area contributed by atoms with E-state index in [2.05, 4.69) is 15.3 Å². The molecular weight excluding hydrogens is 409 g/mol. The first-order chi connectivity index (χ1) is 12.9. The van der Waals surface area contributed by atoms with Crippen molar-refractivity contribution in [1.29, 1.82) is 0 Å². The second-order valence-corrected chi connectivity index (χ2v) is 7.14. The normalized spacial score (nSPS) is 11.7. The Morgan fingerprint density at radius 1 is 1.19 bits per heavy atom. The molecule has 1 aromatic carbocycles. The molecule has 0 saturated carbocycles. The molecule has 0 spiro atoms. The number of hydrogen-bond acceptors (Lipinski definition) is 6. The fourth-order valence-electron chi connectivity index (χ4n) is 2.13. The minimum Gasteiger partial charge on any atom is -0.449 e. The zero-order chi connectivity index (χ0) is 19.4. The highest BCUT2D eigenvalue weighted by Gasteiger charge is 2.20. The van der Waals surface area contributed by atoms with Crippen LogP contribution in [-0.4, -0.2) is 27.9 Å². The van der Waals surface area contributed by atoms with Crippen molar-refractivity contribution in [3.63, 3.8) is 0 Å². The molecule has 9 heteroatoms. The fraction of sp³-hybridized carbons (Fsp3) is 0.111. The summed E-state index contributed by atoms with van der Waals surface area (Å²) in [6.07, 6.45) is 1.96. The molecule has 2 heterocycles. The van der Waals surface area contributed by atoms with Crippen molar-refractivity contribution in [2.75, 3.05) is 5.32 Å². The Bertz CT molecular complexity index is 979. The van der Waals surface area contributed by atoms with Crippen LogP contribution in [0.25, 0.3) is 11.3 Å². The molecule has 27 heavy (non-hydrogen) atoms. The Hall–Kier alpha value is -2.48. The molecule has 1 atom stereocenters. The molecule has 0 aliphatic heterocycles. The summed E-state index contributed by atoms with van der Waals surface area (Å²) in [5.41, 5.74) is 1.63. The maximum Gasteiger partial charge on any atom is 0.339 e. The highest BCUT2D eigenvalue weighted by molar-refractivity contribution is 7.14. The van der Waals surface area contributed by atoms with Crippen molar-refractivity contribution < 1.29 is 14.3 Å². The van der Waals surface area contributed by atoms with Gasteiger partial charge in [-0.05, 0) is 37.3 Å². The number of nitrogens with one attached hydrogen (secondary N) is 1. The van der Waals surface area contributed by atoms with Gasteiger partial charge in [-0.15, -0.1) is 11.3 Å². The number of benzene rings is 1. The van der Waals surface area contributed by atoms with E-state index in [1.165, 1.54) is 42.8 Å². The van der Waals surface area contributed by atoms with E-state index in [4.69, 9.17) is 27.9 Å². The summed E-state index contributed by atoms with van der Waals surface area (Å²) in [6.45, 7) is 1.49. The number of anilines is 1. The molecule has 3 aromatic rings. The van der Waals surface area contributed by atoms with Crippen molar-refractivity contribution in [1.82, 2.24) is 9.97 Å². The molecule has 6 nitrogen and oxygen atoms in total. The van der Waals surface area contributed by atoms with E-state index >= 15 is 0 Å². The van der Waals surface area contributed by atoms with E-state index in [1.54, 1.807) is 23.6 Å². The number of nitrogens with zero attached hydrogens (tertiary/aromatic N) is 2. The van der Waals surface area contributed by atoms with Crippen LogP contribution in [0.4, 0.5) is 5.13 Å². The average molecular weight is 422 g/mol. The van der Waals surface area contributed by atoms with Crippen LogP contribution in [0.5, 0.6) is 0 Å². The largest absolute Gasteiger partial charge is 0.449 e. The van der Waals surface area contributed by atoms with Crippen LogP contribution < -0.4 is 5.32 Å². The van der Waals surface area contributed by atoms with Gasteiger partial charge in [-0.3, -0.25) is 15.1 Å². The molecular formula is C18H13Cl2N3O3S. The van der Waals surface area contributed by atoms with Crippen molar-refractivity contribution in [2.24, 2.45) is 0 Å². The molecule has 138 valence electrons. The van der Waals surface area contributed by atoms with Gasteiger partial charge in [0.1, 0.15) is 0 Å². The van der Waals surface area contributed by atoms with Crippen LogP contribution in [0.3, 0.4) is 0 Å². The molecule has 0 saturated heterocycles. The van der Waals surface area contributed by atoms with Crippen molar-refractivity contribution in [2.45, 2.75) is 13.0 Å². The maximum atomic E-state index is 12.3. The zero-order valence-electron chi connectivity index (χ0n) is 14.0. The summed E-state index contributed by atoms with van der Waals surface area (Å²) in [6, 6.07) is 8.11. The molecule has 1 N–H and O–H groups in total. The lowest BCUT2D eigenvalue weighted by molar-refractivity contribution is -0.123. The minimum atomic E-state index is -0.989. The van der Waals surface area contributed by atoms with Gasteiger partial charge in [0.15, 0.2) is 11.2 Å². The van der Waals surface area contributed by atoms with Gasteiger partial charge < -0.3 is 4.74 Å². The summed E-state index contributed by atoms with van der Waals surface area (Å²) in [7, 11) is 0. The highest BCUT2D eigenvalue weighted by Crippen LogP contribution is 2.32. The standard InChI is InChI=1S/C18H13Cl2N3O3S/c1-10(26-17(25)11-4-6-21-7-5-11)16(24)23-18-22-15(9-27-18)13-3-2-12(19)8-14(13)20/h2-10H,1H3,(H,22,23,24). The van der Waals surface area contributed by atoms with E-state index in [1.807, 2.05) is 0 Å². The van der Waals surface area contributed by atoms with Gasteiger partial charge in [0.25, 0.3) is 5.91 Å². The van der Waals surface area contributed by atoms with Gasteiger partial charge in [-0.1, -0.05) is 23.2 Å². The third-order valence-corrected chi connectivity index (χ3v) is 4.82. The Morgan fingerprint density at radius 2 is 1.93 bits per heavy atom. The molecule has 0 aliphatic rings. The predicted molar refractivity (Wildman–Crippen MR) is 105 cm³/mol. The number of pyridine rings is 1. The van der Waals surface area contributed by atoms with Crippen LogP contribution in [-0.2, 0) is 9.53 Å². The summed E-state index contributed by atoms with van der Waals surface area (Å²) in [5, 5.41) is 5.75. The first-order valence-electron chi connectivity index (χ1n) is 7.77. The molecule has 1 amide bonds. The Morgan fingerprint density at radius 3 is 2.63 bits per heavy atom. The van der Waals surface area contributed by atoms with Gasteiger partial charge in [-0.25, -0.2) is 9.78 Å². The Balaban J connectivity index is 1.64. The van der Waals surface area contributed by atoms with Crippen molar-refractivity contribution >= 4 is 51.5 Å². The molecule has 0 aliphatic carbocycles. The van der Waals surface area contributed by atoms with Crippen molar-refractivity contribution in [3.05, 3.63) is 63.7 Å². The number of aromatic nitrogens is 2. The zero-order valence-corrected chi connectivity index (χ0v) is 16.3. The number of carbonyl (C=O) groups excluding carboxylic acids is 2. The van der Waals surface area contributed by atoms with Gasteiger partial charge in [0.2, 0.25) is 0 Å². The number of esters is 1. The lowest BCUT2D eigenvalue weighted by atomic mass is 10.2. The van der Waals surface area contributed by atoms with E-state index in [9.17, 15) is 9.59 Å². The SMILES string of the molecule is CC(OC(=O)c1ccncc1)C(=O)Nc1nc(-c2ccc(Cl)cc2Cl)cs1. The molecule has 3 rings (SSSR count). The lowest BCUT2D eigenvalue weighted by Crippen LogP contribution is -2.29. The van der Waals surface area contributed by atoms with E-state index in [-0.39, 0.29) is 0 Å². The molecule has 0 fully saturated rings. The lowest BCUT2D eigenvalue weighted by Gasteiger charge is -2.12. The molecule has 2 aromatic heterocycles. The number of ether oxygens (including phenoxy) is 1. The van der Waals surface area contributed by atoms with Crippen LogP contribution in [0, 0.1) is 0 Å². The van der Waals surface area contributed by atoms with E-state index < -0.39 is 18.0 Å². The summed E-state index contributed by atoms with van der Waals surface area (Å²) < 4.78 is 5.16. The Labute approximate surface area is 169 Å². The summed E-state index contributed by atoms with van der Waals surface area (Å²) >= 11 is 13.3. The third kappa shape index (κ3) is 4.82. The number of thiazole rings is 1. The van der Waals surface area contributed by atoms with Crippen LogP contribution >= 0.6 is 34.5 Å². The first kappa shape index (κ1) is 19.3. The second-order valence-electron chi connectivity index (χ2n) is 5.43. The van der Waals surface area contributed by atoms with Crippen LogP contribution in [0.1, 0.15) is 17.3 Å². The second kappa shape index (κ2) is 8.47. The predicted octanol–water partition coefficient (Wildman–Crippen LogP) is 4.70. The van der Waals surface area contributed by atoms with Gasteiger partial charge >= 0.3 is 5.97 Å². The number of hydrogen-bond donors (Lipinski definition) is 1. The quantitative estimate of drug-likeness (QED) is 0.603. The van der Waals surface area contributed by atoms with Gasteiger partial charge in [0.05, 0.1) is 16.3 Å². The average Bonchev–Trinajstić information content (AvgIpc) is 3.10. The monoisotopic (exact) mass is 421 g/mol. The maximum absolute atomic E-state index is 12.3. The summed E-state index contributed by atoms with van der Waals surface area (Å²) in [5.74, 6) is -1.09. The Kier molecular flexibility index (Phi) is 6.05. The molecule has 1 unspecified atom stereocenters. The number of carbonyl (C=O) groups is 2. The number of amides is 1. The van der Waals surface area contributed by atoms with Crippen LogP contribution in [0.15, 0.2) is 48.1 Å². The fourth-order valence-corrected chi connectivity index (χ4v) is 3.35. The topological polar surface area (TPSA) is 81.2 Å². The number of rotatable bonds is 5. The van der Waals surface area contributed by atoms with Crippen LogP contribution in [0.2, 0.25) is 10.0 Å². The number of halogens is 2. The smallest absolute Gasteiger partial charge is 0.339 e. The van der Waals surface area contributed by atoms with E-state index in [0.29, 0.717) is 32.0 Å². The summed E-state index contributed by atoms with van der Waals surface area (Å²) in [4.78, 5) is 32.4. The molecule has 0 radical (unpaired) electrons. The third-order valence-electron chi connectivity index (χ3n) is 3.51. The van der Waals surface area contributed by atoms with Gasteiger partial charge in [0, 0.05) is 28.4 Å². The first-order valence-corrected chi connectivity index (χ1v) is 9.40.